The molecule has 1 N–H and O–H groups in total. The molecule has 0 amide bonds. The Morgan fingerprint density at radius 1 is 1.24 bits per heavy atom. The molecule has 1 aromatic carbocycles. The molecule has 0 unspecified atom stereocenters. The normalized spacial score (nSPS) is 11.7. The number of aryl methyl sites for hydroxylation is 2. The van der Waals surface area contributed by atoms with E-state index in [1.807, 2.05) is 6.07 Å². The Balaban J connectivity index is 2.82. The Hall–Kier alpha value is -1.59. The third-order valence-corrected chi connectivity index (χ3v) is 3.37. The Morgan fingerprint density at radius 2 is 1.94 bits per heavy atom. The predicted molar refractivity (Wildman–Crippen MR) is 63.4 cm³/mol. The van der Waals surface area contributed by atoms with Crippen molar-refractivity contribution in [2.75, 3.05) is 0 Å². The van der Waals surface area contributed by atoms with E-state index in [1.54, 1.807) is 26.0 Å². The Labute approximate surface area is 99.6 Å². The van der Waals surface area contributed by atoms with E-state index in [0.29, 0.717) is 11.3 Å². The molecule has 0 fully saturated rings. The fourth-order valence-corrected chi connectivity index (χ4v) is 2.72. The lowest BCUT2D eigenvalue weighted by molar-refractivity contribution is 0.482. The van der Waals surface area contributed by atoms with Gasteiger partial charge in [0.05, 0.1) is 6.26 Å². The first-order chi connectivity index (χ1) is 7.89. The second kappa shape index (κ2) is 4.01. The van der Waals surface area contributed by atoms with Gasteiger partial charge >= 0.3 is 0 Å². The standard InChI is InChI=1S/C12H12O4S/c1-8-6-9(2)12(10-4-3-5-16-10)11(7-8)17(13,14)15/h3-7H,1-2H3,(H,13,14,15). The van der Waals surface area contributed by atoms with E-state index in [4.69, 9.17) is 4.42 Å². The van der Waals surface area contributed by atoms with Crippen LogP contribution in [0.3, 0.4) is 0 Å². The highest BCUT2D eigenvalue weighted by Crippen LogP contribution is 2.31. The maximum atomic E-state index is 11.4. The van der Waals surface area contributed by atoms with Crippen LogP contribution in [-0.4, -0.2) is 13.0 Å². The minimum absolute atomic E-state index is 0.120. The largest absolute Gasteiger partial charge is 0.464 e. The van der Waals surface area contributed by atoms with Crippen molar-refractivity contribution in [2.24, 2.45) is 0 Å². The van der Waals surface area contributed by atoms with Crippen LogP contribution in [0.25, 0.3) is 11.3 Å². The molecule has 1 aromatic heterocycles. The van der Waals surface area contributed by atoms with Gasteiger partial charge in [0.1, 0.15) is 10.7 Å². The smallest absolute Gasteiger partial charge is 0.295 e. The summed E-state index contributed by atoms with van der Waals surface area (Å²) in [7, 11) is -4.26. The molecule has 0 saturated heterocycles. The summed E-state index contributed by atoms with van der Waals surface area (Å²) in [6, 6.07) is 6.60. The average Bonchev–Trinajstić information content (AvgIpc) is 2.67. The number of hydrogen-bond acceptors (Lipinski definition) is 3. The number of benzene rings is 1. The lowest BCUT2D eigenvalue weighted by Crippen LogP contribution is -2.02. The van der Waals surface area contributed by atoms with E-state index in [0.717, 1.165) is 11.1 Å². The number of furan rings is 1. The predicted octanol–water partition coefficient (Wildman–Crippen LogP) is 2.81. The van der Waals surface area contributed by atoms with Crippen molar-refractivity contribution >= 4 is 10.1 Å². The fraction of sp³-hybridized carbons (Fsp3) is 0.167. The molecule has 0 spiro atoms. The first-order valence-electron chi connectivity index (χ1n) is 5.02. The van der Waals surface area contributed by atoms with Crippen molar-refractivity contribution in [3.63, 3.8) is 0 Å². The molecule has 0 bridgehead atoms. The molecule has 2 aromatic rings. The molecule has 90 valence electrons. The van der Waals surface area contributed by atoms with E-state index in [9.17, 15) is 13.0 Å². The van der Waals surface area contributed by atoms with Crippen LogP contribution in [0.4, 0.5) is 0 Å². The molecule has 0 saturated carbocycles. The van der Waals surface area contributed by atoms with Gasteiger partial charge in [0, 0.05) is 5.56 Å². The van der Waals surface area contributed by atoms with Crippen LogP contribution in [0.2, 0.25) is 0 Å². The average molecular weight is 252 g/mol. The summed E-state index contributed by atoms with van der Waals surface area (Å²) in [4.78, 5) is -0.120. The summed E-state index contributed by atoms with van der Waals surface area (Å²) in [5, 5.41) is 0. The topological polar surface area (TPSA) is 67.5 Å². The van der Waals surface area contributed by atoms with Crippen molar-refractivity contribution in [1.29, 1.82) is 0 Å². The summed E-state index contributed by atoms with van der Waals surface area (Å²) in [5.74, 6) is 0.426. The van der Waals surface area contributed by atoms with Crippen LogP contribution in [0.5, 0.6) is 0 Å². The molecular formula is C12H12O4S. The maximum Gasteiger partial charge on any atom is 0.295 e. The van der Waals surface area contributed by atoms with E-state index in [-0.39, 0.29) is 4.90 Å². The van der Waals surface area contributed by atoms with E-state index < -0.39 is 10.1 Å². The second-order valence-electron chi connectivity index (χ2n) is 3.91. The van der Waals surface area contributed by atoms with Crippen molar-refractivity contribution in [3.05, 3.63) is 41.7 Å². The summed E-state index contributed by atoms with van der Waals surface area (Å²) in [6.45, 7) is 3.55. The van der Waals surface area contributed by atoms with Crippen LogP contribution in [0, 0.1) is 13.8 Å². The summed E-state index contributed by atoms with van der Waals surface area (Å²) in [6.07, 6.45) is 1.46. The van der Waals surface area contributed by atoms with Gasteiger partial charge in [0.2, 0.25) is 0 Å². The minimum atomic E-state index is -4.26. The molecule has 5 heteroatoms. The molecule has 0 aliphatic heterocycles. The van der Waals surface area contributed by atoms with E-state index >= 15 is 0 Å². The van der Waals surface area contributed by atoms with E-state index in [2.05, 4.69) is 0 Å². The summed E-state index contributed by atoms with van der Waals surface area (Å²) >= 11 is 0. The van der Waals surface area contributed by atoms with Gasteiger partial charge in [0.15, 0.2) is 0 Å². The zero-order valence-corrected chi connectivity index (χ0v) is 10.3. The zero-order chi connectivity index (χ0) is 12.6. The van der Waals surface area contributed by atoms with Gasteiger partial charge < -0.3 is 4.42 Å². The van der Waals surface area contributed by atoms with Crippen LogP contribution >= 0.6 is 0 Å². The van der Waals surface area contributed by atoms with Gasteiger partial charge in [0.25, 0.3) is 10.1 Å². The van der Waals surface area contributed by atoms with Gasteiger partial charge in [-0.2, -0.15) is 8.42 Å². The van der Waals surface area contributed by atoms with Gasteiger partial charge in [-0.15, -0.1) is 0 Å². The van der Waals surface area contributed by atoms with Crippen LogP contribution in [0.15, 0.2) is 39.8 Å². The number of hydrogen-bond donors (Lipinski definition) is 1. The lowest BCUT2D eigenvalue weighted by Gasteiger charge is -2.09. The number of rotatable bonds is 2. The van der Waals surface area contributed by atoms with Gasteiger partial charge in [-0.3, -0.25) is 4.55 Å². The lowest BCUT2D eigenvalue weighted by atomic mass is 10.0. The molecule has 0 radical (unpaired) electrons. The van der Waals surface area contributed by atoms with Crippen LogP contribution in [-0.2, 0) is 10.1 Å². The third-order valence-electron chi connectivity index (χ3n) is 2.49. The van der Waals surface area contributed by atoms with Crippen molar-refractivity contribution in [3.8, 4) is 11.3 Å². The van der Waals surface area contributed by atoms with Gasteiger partial charge in [-0.05, 0) is 43.2 Å². The molecule has 0 aliphatic carbocycles. The molecule has 2 rings (SSSR count). The summed E-state index contributed by atoms with van der Waals surface area (Å²) in [5.41, 5.74) is 1.92. The maximum absolute atomic E-state index is 11.4. The molecule has 1 heterocycles. The highest BCUT2D eigenvalue weighted by Gasteiger charge is 2.20. The highest BCUT2D eigenvalue weighted by molar-refractivity contribution is 7.86. The Bertz CT molecular complexity index is 639. The van der Waals surface area contributed by atoms with Crippen molar-refractivity contribution in [1.82, 2.24) is 0 Å². The van der Waals surface area contributed by atoms with Gasteiger partial charge in [-0.25, -0.2) is 0 Å². The van der Waals surface area contributed by atoms with Crippen molar-refractivity contribution < 1.29 is 17.4 Å². The Morgan fingerprint density at radius 3 is 2.47 bits per heavy atom. The minimum Gasteiger partial charge on any atom is -0.464 e. The first-order valence-corrected chi connectivity index (χ1v) is 6.46. The highest BCUT2D eigenvalue weighted by atomic mass is 32.2. The summed E-state index contributed by atoms with van der Waals surface area (Å²) < 4.78 is 37.2. The monoisotopic (exact) mass is 252 g/mol. The van der Waals surface area contributed by atoms with Crippen molar-refractivity contribution in [2.45, 2.75) is 18.7 Å². The fourth-order valence-electron chi connectivity index (χ4n) is 1.87. The third kappa shape index (κ3) is 2.25. The van der Waals surface area contributed by atoms with Gasteiger partial charge in [-0.1, -0.05) is 6.07 Å². The molecule has 0 aliphatic rings. The SMILES string of the molecule is Cc1cc(C)c(-c2ccco2)c(S(=O)(=O)O)c1. The second-order valence-corrected chi connectivity index (χ2v) is 5.30. The first kappa shape index (κ1) is 11.9. The van der Waals surface area contributed by atoms with Crippen LogP contribution in [0.1, 0.15) is 11.1 Å². The molecule has 17 heavy (non-hydrogen) atoms. The van der Waals surface area contributed by atoms with Crippen LogP contribution < -0.4 is 0 Å². The molecular weight excluding hydrogens is 240 g/mol. The quantitative estimate of drug-likeness (QED) is 0.834. The molecule has 4 nitrogen and oxygen atoms in total. The zero-order valence-electron chi connectivity index (χ0n) is 9.47. The molecule has 0 atom stereocenters. The van der Waals surface area contributed by atoms with E-state index in [1.165, 1.54) is 12.3 Å². The Kier molecular flexibility index (Phi) is 2.81.